The van der Waals surface area contributed by atoms with E-state index in [0.717, 1.165) is 12.8 Å². The van der Waals surface area contributed by atoms with E-state index >= 15 is 0 Å². The van der Waals surface area contributed by atoms with Crippen LogP contribution in [0.25, 0.3) is 0 Å². The summed E-state index contributed by atoms with van der Waals surface area (Å²) in [6.45, 7) is 3.14. The lowest BCUT2D eigenvalue weighted by Gasteiger charge is -2.13. The topological polar surface area (TPSA) is 106 Å². The van der Waals surface area contributed by atoms with E-state index in [9.17, 15) is 5.11 Å². The largest absolute Gasteiger partial charge is 0.464 e. The number of ether oxygens (including phenoxy) is 1. The Morgan fingerprint density at radius 2 is 2.18 bits per heavy atom. The molecule has 0 spiro atoms. The number of nitrogens with one attached hydrogen (secondary N) is 1. The highest BCUT2D eigenvalue weighted by Crippen LogP contribution is 2.44. The fourth-order valence-electron chi connectivity index (χ4n) is 1.48. The van der Waals surface area contributed by atoms with Gasteiger partial charge in [0.25, 0.3) is 0 Å². The third-order valence-corrected chi connectivity index (χ3v) is 2.82. The second-order valence-electron chi connectivity index (χ2n) is 4.24. The molecule has 0 unspecified atom stereocenters. The highest BCUT2D eigenvalue weighted by molar-refractivity contribution is 5.33. The number of hydrogen-bond donors (Lipinski definition) is 3. The van der Waals surface area contributed by atoms with Gasteiger partial charge in [0, 0.05) is 12.0 Å². The number of aromatic nitrogens is 3. The van der Waals surface area contributed by atoms with E-state index in [4.69, 9.17) is 10.5 Å². The zero-order chi connectivity index (χ0) is 12.3. The number of nitrogens with zero attached hydrogens (tertiary/aromatic N) is 3. The smallest absolute Gasteiger partial charge is 0.323 e. The van der Waals surface area contributed by atoms with E-state index in [1.165, 1.54) is 0 Å². The molecule has 1 heterocycles. The minimum atomic E-state index is -0.00678. The van der Waals surface area contributed by atoms with Crippen molar-refractivity contribution in [3.63, 3.8) is 0 Å². The molecule has 17 heavy (non-hydrogen) atoms. The summed E-state index contributed by atoms with van der Waals surface area (Å²) >= 11 is 0. The van der Waals surface area contributed by atoms with Crippen LogP contribution in [0.5, 0.6) is 6.01 Å². The van der Waals surface area contributed by atoms with Crippen molar-refractivity contribution in [1.82, 2.24) is 15.0 Å². The minimum absolute atomic E-state index is 0.00678. The molecule has 2 rings (SSSR count). The number of nitrogens with two attached hydrogens (primary N) is 1. The van der Waals surface area contributed by atoms with Gasteiger partial charge in [0.15, 0.2) is 0 Å². The van der Waals surface area contributed by atoms with Gasteiger partial charge in [-0.2, -0.15) is 15.0 Å². The Labute approximate surface area is 99.4 Å². The fourth-order valence-corrected chi connectivity index (χ4v) is 1.48. The van der Waals surface area contributed by atoms with E-state index in [-0.39, 0.29) is 24.0 Å². The molecule has 1 saturated carbocycles. The summed E-state index contributed by atoms with van der Waals surface area (Å²) in [6, 6.07) is 0.219. The molecule has 1 aromatic heterocycles. The second kappa shape index (κ2) is 4.70. The van der Waals surface area contributed by atoms with Crippen molar-refractivity contribution < 1.29 is 9.84 Å². The average Bonchev–Trinajstić information content (AvgIpc) is 3.07. The molecular formula is C10H17N5O2. The number of anilines is 2. The maximum atomic E-state index is 9.19. The lowest BCUT2D eigenvalue weighted by molar-refractivity contribution is 0.219. The molecule has 0 atom stereocenters. The van der Waals surface area contributed by atoms with Crippen LogP contribution < -0.4 is 15.8 Å². The highest BCUT2D eigenvalue weighted by atomic mass is 16.5. The Bertz CT molecular complexity index is 394. The molecule has 0 radical (unpaired) electrons. The summed E-state index contributed by atoms with van der Waals surface area (Å²) in [5, 5.41) is 12.2. The maximum Gasteiger partial charge on any atom is 0.323 e. The summed E-state index contributed by atoms with van der Waals surface area (Å²) in [7, 11) is 0. The molecule has 7 heteroatoms. The molecule has 1 aliphatic carbocycles. The van der Waals surface area contributed by atoms with Gasteiger partial charge < -0.3 is 20.9 Å². The first-order valence-corrected chi connectivity index (χ1v) is 5.66. The van der Waals surface area contributed by atoms with Crippen molar-refractivity contribution >= 4 is 11.9 Å². The van der Waals surface area contributed by atoms with Gasteiger partial charge in [0.1, 0.15) is 0 Å². The Balaban J connectivity index is 2.00. The molecule has 1 aromatic rings. The highest BCUT2D eigenvalue weighted by Gasteiger charge is 2.41. The fraction of sp³-hybridized carbons (Fsp3) is 0.700. The average molecular weight is 239 g/mol. The second-order valence-corrected chi connectivity index (χ2v) is 4.24. The SMILES string of the molecule is CCOc1nc(N)nc(NCC2(CO)CC2)n1. The van der Waals surface area contributed by atoms with Gasteiger partial charge in [0.05, 0.1) is 13.2 Å². The van der Waals surface area contributed by atoms with Crippen molar-refractivity contribution in [2.45, 2.75) is 19.8 Å². The molecule has 0 amide bonds. The van der Waals surface area contributed by atoms with Crippen molar-refractivity contribution in [3.05, 3.63) is 0 Å². The Morgan fingerprint density at radius 3 is 2.76 bits per heavy atom. The summed E-state index contributed by atoms with van der Waals surface area (Å²) in [4.78, 5) is 11.9. The van der Waals surface area contributed by atoms with Crippen LogP contribution in [-0.2, 0) is 0 Å². The van der Waals surface area contributed by atoms with Crippen LogP contribution in [0, 0.1) is 5.41 Å². The maximum absolute atomic E-state index is 9.19. The van der Waals surface area contributed by atoms with E-state index in [0.29, 0.717) is 19.1 Å². The molecule has 7 nitrogen and oxygen atoms in total. The van der Waals surface area contributed by atoms with Gasteiger partial charge in [-0.1, -0.05) is 0 Å². The van der Waals surface area contributed by atoms with Gasteiger partial charge in [-0.05, 0) is 19.8 Å². The third kappa shape index (κ3) is 2.94. The van der Waals surface area contributed by atoms with Gasteiger partial charge in [0.2, 0.25) is 11.9 Å². The molecule has 4 N–H and O–H groups in total. The first kappa shape index (κ1) is 11.8. The number of aliphatic hydroxyl groups is 1. The quantitative estimate of drug-likeness (QED) is 0.643. The number of nitrogen functional groups attached to an aromatic ring is 1. The molecule has 0 aromatic carbocycles. The zero-order valence-electron chi connectivity index (χ0n) is 9.81. The number of aliphatic hydroxyl groups excluding tert-OH is 1. The lowest BCUT2D eigenvalue weighted by atomic mass is 10.1. The van der Waals surface area contributed by atoms with Gasteiger partial charge >= 0.3 is 6.01 Å². The molecular weight excluding hydrogens is 222 g/mol. The normalized spacial score (nSPS) is 16.6. The number of hydrogen-bond acceptors (Lipinski definition) is 7. The van der Waals surface area contributed by atoms with Crippen molar-refractivity contribution in [2.75, 3.05) is 30.8 Å². The molecule has 0 bridgehead atoms. The van der Waals surface area contributed by atoms with Crippen LogP contribution in [0.4, 0.5) is 11.9 Å². The van der Waals surface area contributed by atoms with Crippen molar-refractivity contribution in [2.24, 2.45) is 5.41 Å². The molecule has 1 aliphatic rings. The first-order chi connectivity index (χ1) is 8.17. The predicted molar refractivity (Wildman–Crippen MR) is 62.7 cm³/mol. The van der Waals surface area contributed by atoms with Gasteiger partial charge in [-0.3, -0.25) is 0 Å². The van der Waals surface area contributed by atoms with Crippen LogP contribution >= 0.6 is 0 Å². The van der Waals surface area contributed by atoms with Crippen LogP contribution in [-0.4, -0.2) is 39.8 Å². The van der Waals surface area contributed by atoms with E-state index in [2.05, 4.69) is 20.3 Å². The molecule has 0 aliphatic heterocycles. The summed E-state index contributed by atoms with van der Waals surface area (Å²) in [6.07, 6.45) is 2.05. The monoisotopic (exact) mass is 239 g/mol. The third-order valence-electron chi connectivity index (χ3n) is 2.82. The molecule has 94 valence electrons. The summed E-state index contributed by atoms with van der Waals surface area (Å²) in [5.74, 6) is 0.514. The zero-order valence-corrected chi connectivity index (χ0v) is 9.81. The van der Waals surface area contributed by atoms with Crippen LogP contribution in [0.3, 0.4) is 0 Å². The Kier molecular flexibility index (Phi) is 3.28. The summed E-state index contributed by atoms with van der Waals surface area (Å²) < 4.78 is 5.17. The predicted octanol–water partition coefficient (Wildman–Crippen LogP) is 0.0369. The van der Waals surface area contributed by atoms with E-state index in [1.807, 2.05) is 6.92 Å². The van der Waals surface area contributed by atoms with E-state index < -0.39 is 0 Å². The first-order valence-electron chi connectivity index (χ1n) is 5.66. The summed E-state index contributed by atoms with van der Waals surface area (Å²) in [5.41, 5.74) is 5.54. The molecule has 0 saturated heterocycles. The Hall–Kier alpha value is -1.63. The van der Waals surface area contributed by atoms with Gasteiger partial charge in [-0.15, -0.1) is 0 Å². The van der Waals surface area contributed by atoms with Crippen LogP contribution in [0.1, 0.15) is 19.8 Å². The Morgan fingerprint density at radius 1 is 1.41 bits per heavy atom. The number of rotatable bonds is 6. The molecule has 1 fully saturated rings. The van der Waals surface area contributed by atoms with E-state index in [1.54, 1.807) is 0 Å². The van der Waals surface area contributed by atoms with Crippen LogP contribution in [0.15, 0.2) is 0 Å². The van der Waals surface area contributed by atoms with Crippen molar-refractivity contribution in [3.8, 4) is 6.01 Å². The minimum Gasteiger partial charge on any atom is -0.464 e. The van der Waals surface area contributed by atoms with Crippen molar-refractivity contribution in [1.29, 1.82) is 0 Å². The lowest BCUT2D eigenvalue weighted by Crippen LogP contribution is -2.20. The standard InChI is InChI=1S/C10H17N5O2/c1-2-17-9-14-7(11)13-8(15-9)12-5-10(6-16)3-4-10/h16H,2-6H2,1H3,(H3,11,12,13,14,15). The van der Waals surface area contributed by atoms with Crippen LogP contribution in [0.2, 0.25) is 0 Å². The van der Waals surface area contributed by atoms with Gasteiger partial charge in [-0.25, -0.2) is 0 Å².